The Balaban J connectivity index is 0.000000132. The van der Waals surface area contributed by atoms with Crippen LogP contribution in [0.4, 0.5) is 54.8 Å². The quantitative estimate of drug-likeness (QED) is 0.0487. The standard InChI is InChI=1S/C30H25N5O2.C29H22ClN5O.2C29H22FN5O/c1-19(33-29-26(31-3)18-32-20(2)34-29)27-17-22-11-9-15-25(21-10-8-14-24(16-21)37-4)28(22)30(36)35(27)23-12-6-5-7-13-23;2*1-18(33-28-25(31-3)17-32-19(2)34-28)26-16-21-10-8-14-24(20-9-7-11-22(30)15-20)27(21)29(36)35(26)23-12-5-4-6-13-23;1-18(33-28-25(31-3)17-32-19(2)34-28)26-16-21-8-7-11-24(20-12-14-22(30)15-13-20)27(21)29(36)35(26)23-9-5-4-6-10-23/h5-19H,1-2,4H3,(H,32,33,34);3*4-18H,1-2H3,(H,32,33,34)/t19-;3*18-/m0000/s1. The van der Waals surface area contributed by atoms with Crippen molar-refractivity contribution in [2.75, 3.05) is 28.4 Å². The van der Waals surface area contributed by atoms with Crippen LogP contribution in [0.1, 0.15) is 97.9 Å². The van der Waals surface area contributed by atoms with Crippen LogP contribution in [0.3, 0.4) is 0 Å². The van der Waals surface area contributed by atoms with Crippen LogP contribution in [0, 0.1) is 65.6 Å². The number of benzene rings is 12. The minimum absolute atomic E-state index is 0.130. The minimum atomic E-state index is -0.380. The third kappa shape index (κ3) is 21.1. The van der Waals surface area contributed by atoms with Crippen molar-refractivity contribution in [1.82, 2.24) is 58.1 Å². The van der Waals surface area contributed by atoms with Crippen LogP contribution < -0.4 is 48.2 Å². The molecular formula is C117H91ClF2N20O5. The van der Waals surface area contributed by atoms with Crippen molar-refractivity contribution in [3.63, 3.8) is 0 Å². The predicted octanol–water partition coefficient (Wildman–Crippen LogP) is 26.9. The maximum absolute atomic E-state index is 14.3. The van der Waals surface area contributed by atoms with Crippen molar-refractivity contribution in [1.29, 1.82) is 0 Å². The highest BCUT2D eigenvalue weighted by Crippen LogP contribution is 2.40. The molecule has 8 heterocycles. The number of hydrogen-bond donors (Lipinski definition) is 4. The molecular weight excluding hydrogens is 1840 g/mol. The molecule has 0 radical (unpaired) electrons. The van der Waals surface area contributed by atoms with Gasteiger partial charge in [0.2, 0.25) is 22.7 Å². The number of aryl methyl sites for hydroxylation is 4. The number of aromatic nitrogens is 12. The molecule has 710 valence electrons. The molecule has 0 unspecified atom stereocenters. The topological polar surface area (TPSA) is 266 Å². The summed E-state index contributed by atoms with van der Waals surface area (Å²) >= 11 is 6.27. The van der Waals surface area contributed by atoms with E-state index in [0.717, 1.165) is 83.4 Å². The van der Waals surface area contributed by atoms with Crippen molar-refractivity contribution in [2.45, 2.75) is 79.6 Å². The monoisotopic (exact) mass is 1930 g/mol. The van der Waals surface area contributed by atoms with Crippen LogP contribution >= 0.6 is 11.6 Å². The number of nitrogens with one attached hydrogen (secondary N) is 4. The fourth-order valence-corrected chi connectivity index (χ4v) is 17.8. The average molecular weight is 1930 g/mol. The molecule has 0 bridgehead atoms. The first kappa shape index (κ1) is 97.6. The third-order valence-electron chi connectivity index (χ3n) is 24.4. The maximum atomic E-state index is 14.3. The number of rotatable bonds is 21. The molecule has 0 aliphatic heterocycles. The summed E-state index contributed by atoms with van der Waals surface area (Å²) < 4.78 is 39.8. The van der Waals surface area contributed by atoms with Crippen molar-refractivity contribution in [2.24, 2.45) is 0 Å². The lowest BCUT2D eigenvalue weighted by atomic mass is 9.97. The van der Waals surface area contributed by atoms with Gasteiger partial charge in [-0.2, -0.15) is 0 Å². The zero-order valence-electron chi connectivity index (χ0n) is 80.0. The van der Waals surface area contributed by atoms with E-state index in [-0.39, 0.29) is 58.0 Å². The highest BCUT2D eigenvalue weighted by atomic mass is 35.5. The second-order valence-corrected chi connectivity index (χ2v) is 34.5. The highest BCUT2D eigenvalue weighted by Gasteiger charge is 2.28. The van der Waals surface area contributed by atoms with Gasteiger partial charge in [-0.25, -0.2) is 48.1 Å². The number of methoxy groups -OCH3 is 1. The zero-order valence-corrected chi connectivity index (χ0v) is 80.7. The molecule has 0 amide bonds. The molecule has 12 aromatic carbocycles. The summed E-state index contributed by atoms with van der Waals surface area (Å²) in [5.74, 6) is 3.92. The normalized spacial score (nSPS) is 11.7. The lowest BCUT2D eigenvalue weighted by Gasteiger charge is -2.22. The fraction of sp³-hybridized carbons (Fsp3) is 0.111. The third-order valence-corrected chi connectivity index (χ3v) is 24.6. The van der Waals surface area contributed by atoms with Gasteiger partial charge in [0.15, 0.2) is 0 Å². The number of halogens is 3. The number of hydrogen-bond acceptors (Lipinski definition) is 17. The largest absolute Gasteiger partial charge is 0.497 e. The maximum Gasteiger partial charge on any atom is 0.263 e. The molecule has 0 aliphatic rings. The smallest absolute Gasteiger partial charge is 0.263 e. The molecule has 0 saturated heterocycles. The van der Waals surface area contributed by atoms with E-state index in [1.165, 1.54) is 49.1 Å². The highest BCUT2D eigenvalue weighted by molar-refractivity contribution is 6.31. The van der Waals surface area contributed by atoms with E-state index < -0.39 is 0 Å². The van der Waals surface area contributed by atoms with E-state index >= 15 is 0 Å². The molecule has 0 fully saturated rings. The summed E-state index contributed by atoms with van der Waals surface area (Å²) in [6.45, 7) is 44.7. The lowest BCUT2D eigenvalue weighted by molar-refractivity contribution is 0.415. The number of fused-ring (bicyclic) bond motifs is 4. The van der Waals surface area contributed by atoms with E-state index in [1.807, 2.05) is 295 Å². The number of ether oxygens (including phenoxy) is 1. The van der Waals surface area contributed by atoms with Gasteiger partial charge in [0.25, 0.3) is 22.2 Å². The molecule has 145 heavy (non-hydrogen) atoms. The van der Waals surface area contributed by atoms with Crippen LogP contribution in [0.5, 0.6) is 5.75 Å². The van der Waals surface area contributed by atoms with E-state index in [2.05, 4.69) is 80.5 Å². The van der Waals surface area contributed by atoms with E-state index in [0.29, 0.717) is 130 Å². The first-order valence-corrected chi connectivity index (χ1v) is 46.5. The zero-order chi connectivity index (χ0) is 102. The van der Waals surface area contributed by atoms with Crippen LogP contribution in [-0.4, -0.2) is 65.3 Å². The van der Waals surface area contributed by atoms with Crippen molar-refractivity contribution < 1.29 is 13.5 Å². The summed E-state index contributed by atoms with van der Waals surface area (Å²) in [5.41, 5.74) is 12.6. The van der Waals surface area contributed by atoms with Crippen LogP contribution in [0.2, 0.25) is 5.02 Å². The van der Waals surface area contributed by atoms with Gasteiger partial charge < -0.3 is 26.0 Å². The summed E-state index contributed by atoms with van der Waals surface area (Å²) in [6.07, 6.45) is 5.99. The first-order valence-electron chi connectivity index (χ1n) is 46.2. The van der Waals surface area contributed by atoms with Crippen LogP contribution in [0.15, 0.2) is 359 Å². The van der Waals surface area contributed by atoms with Crippen LogP contribution in [0.25, 0.3) is 130 Å². The van der Waals surface area contributed by atoms with Gasteiger partial charge in [-0.15, -0.1) is 0 Å². The second kappa shape index (κ2) is 43.5. The lowest BCUT2D eigenvalue weighted by Crippen LogP contribution is -2.26. The molecule has 0 spiro atoms. The van der Waals surface area contributed by atoms with Crippen molar-refractivity contribution >= 4 is 101 Å². The van der Waals surface area contributed by atoms with E-state index in [9.17, 15) is 28.0 Å². The van der Waals surface area contributed by atoms with Gasteiger partial charge in [0, 0.05) is 75.3 Å². The van der Waals surface area contributed by atoms with E-state index in [1.54, 1.807) is 77.3 Å². The molecule has 28 heteroatoms. The molecule has 4 N–H and O–H groups in total. The fourth-order valence-electron chi connectivity index (χ4n) is 17.6. The summed E-state index contributed by atoms with van der Waals surface area (Å²) in [6, 6.07) is 95.0. The Morgan fingerprint density at radius 2 is 0.572 bits per heavy atom. The van der Waals surface area contributed by atoms with Gasteiger partial charge in [0.05, 0.1) is 79.1 Å². The number of anilines is 4. The van der Waals surface area contributed by atoms with Gasteiger partial charge in [-0.05, 0) is 243 Å². The van der Waals surface area contributed by atoms with Crippen molar-refractivity contribution in [3.8, 4) is 73.0 Å². The molecule has 25 nitrogen and oxygen atoms in total. The summed E-state index contributed by atoms with van der Waals surface area (Å²) in [4.78, 5) is 105. The molecule has 20 rings (SSSR count). The van der Waals surface area contributed by atoms with Crippen molar-refractivity contribution in [3.05, 3.63) is 490 Å². The summed E-state index contributed by atoms with van der Waals surface area (Å²) in [7, 11) is 1.63. The Kier molecular flexibility index (Phi) is 29.3. The average Bonchev–Trinajstić information content (AvgIpc) is 0.760. The molecule has 4 atom stereocenters. The van der Waals surface area contributed by atoms with Gasteiger partial charge in [-0.3, -0.25) is 57.4 Å². The van der Waals surface area contributed by atoms with Crippen LogP contribution in [-0.2, 0) is 0 Å². The number of nitrogens with zero attached hydrogens (tertiary/aromatic N) is 16. The number of para-hydroxylation sites is 4. The Morgan fingerprint density at radius 3 is 0.855 bits per heavy atom. The Morgan fingerprint density at radius 1 is 0.303 bits per heavy atom. The number of pyridine rings is 4. The van der Waals surface area contributed by atoms with E-state index in [4.69, 9.17) is 42.6 Å². The first-order chi connectivity index (χ1) is 70.4. The SMILES string of the molecule is [C-]#[N+]c1cnc(C)nc1N[C@@H](C)c1cc2cccc(-c3ccc(F)cc3)c2c(=O)n1-c1ccccc1.[C-]#[N+]c1cnc(C)nc1N[C@@H](C)c1cc2cccc(-c3cccc(Cl)c3)c2c(=O)n1-c1ccccc1.[C-]#[N+]c1cnc(C)nc1N[C@@H](C)c1cc2cccc(-c3cccc(F)c3)c2c(=O)n1-c1ccccc1.[C-]#[N+]c1cnc(C)nc1N[C@@H](C)c1cc2cccc(-c3cccc(OC)c3)c2c(=O)n1-c1ccccc1. The molecule has 0 saturated carbocycles. The Labute approximate surface area is 838 Å². The Bertz CT molecular complexity index is 8540. The summed E-state index contributed by atoms with van der Waals surface area (Å²) in [5, 5.41) is 19.3. The minimum Gasteiger partial charge on any atom is -0.497 e. The molecule has 20 aromatic rings. The van der Waals surface area contributed by atoms with Gasteiger partial charge in [-0.1, -0.05) is 206 Å². The predicted molar refractivity (Wildman–Crippen MR) is 572 cm³/mol. The second-order valence-electron chi connectivity index (χ2n) is 34.0. The molecule has 8 aromatic heterocycles. The molecule has 0 aliphatic carbocycles. The Hall–Kier alpha value is -19.1. The van der Waals surface area contributed by atoms with Gasteiger partial charge in [0.1, 0.15) is 64.0 Å². The van der Waals surface area contributed by atoms with Gasteiger partial charge >= 0.3 is 0 Å².